The van der Waals surface area contributed by atoms with Gasteiger partial charge in [0.05, 0.1) is 34.2 Å². The van der Waals surface area contributed by atoms with Gasteiger partial charge in [0.15, 0.2) is 0 Å². The molecule has 0 amide bonds. The molecule has 0 atom stereocenters. The smallest absolute Gasteiger partial charge is 0.338 e. The first kappa shape index (κ1) is 21.1. The molecule has 9 heteroatoms. The summed E-state index contributed by atoms with van der Waals surface area (Å²) >= 11 is 0. The molecule has 0 aliphatic carbocycles. The van der Waals surface area contributed by atoms with E-state index in [1.807, 2.05) is 0 Å². The number of hydrogen-bond acceptors (Lipinski definition) is 6. The van der Waals surface area contributed by atoms with Crippen molar-refractivity contribution in [2.75, 3.05) is 17.5 Å². The van der Waals surface area contributed by atoms with E-state index in [9.17, 15) is 23.3 Å². The molecule has 0 N–H and O–H groups in total. The topological polar surface area (TPSA) is 107 Å². The Morgan fingerprint density at radius 1 is 1.29 bits per heavy atom. The number of hydrogen-bond donors (Lipinski definition) is 0. The number of sulfonamides is 1. The highest BCUT2D eigenvalue weighted by Crippen LogP contribution is 2.29. The van der Waals surface area contributed by atoms with Crippen LogP contribution in [0.4, 0.5) is 11.4 Å². The second-order valence-electron chi connectivity index (χ2n) is 5.80. The van der Waals surface area contributed by atoms with Crippen LogP contribution < -0.4 is 4.31 Å². The van der Waals surface area contributed by atoms with E-state index in [0.717, 1.165) is 10.4 Å². The van der Waals surface area contributed by atoms with Crippen LogP contribution in [-0.2, 0) is 14.8 Å². The number of nitrogens with zero attached hydrogens (tertiary/aromatic N) is 2. The highest BCUT2D eigenvalue weighted by Gasteiger charge is 2.28. The molecule has 0 aliphatic rings. The highest BCUT2D eigenvalue weighted by atomic mass is 32.2. The average Bonchev–Trinajstić information content (AvgIpc) is 2.66. The molecular weight excluding hydrogens is 384 g/mol. The van der Waals surface area contributed by atoms with Gasteiger partial charge >= 0.3 is 5.97 Å². The Kier molecular flexibility index (Phi) is 6.53. The number of esters is 1. The van der Waals surface area contributed by atoms with E-state index in [1.54, 1.807) is 13.8 Å². The van der Waals surface area contributed by atoms with Crippen molar-refractivity contribution in [1.82, 2.24) is 0 Å². The summed E-state index contributed by atoms with van der Waals surface area (Å²) in [6.07, 6.45) is 1.39. The maximum atomic E-state index is 13.3. The summed E-state index contributed by atoms with van der Waals surface area (Å²) < 4.78 is 32.5. The Balaban J connectivity index is 2.59. The normalized spacial score (nSPS) is 10.9. The zero-order valence-corrected chi connectivity index (χ0v) is 16.3. The lowest BCUT2D eigenvalue weighted by Crippen LogP contribution is -2.32. The van der Waals surface area contributed by atoms with Crippen LogP contribution in [0, 0.1) is 17.0 Å². The van der Waals surface area contributed by atoms with E-state index in [4.69, 9.17) is 4.74 Å². The van der Waals surface area contributed by atoms with Crippen LogP contribution in [0.1, 0.15) is 22.8 Å². The number of nitro groups is 1. The molecule has 0 spiro atoms. The number of ether oxygens (including phenoxy) is 1. The second kappa shape index (κ2) is 8.66. The van der Waals surface area contributed by atoms with Gasteiger partial charge in [-0.05, 0) is 37.6 Å². The summed E-state index contributed by atoms with van der Waals surface area (Å²) in [7, 11) is -4.15. The molecule has 0 saturated carbocycles. The van der Waals surface area contributed by atoms with E-state index in [-0.39, 0.29) is 35.0 Å². The predicted octanol–water partition coefficient (Wildman–Crippen LogP) is 3.46. The van der Waals surface area contributed by atoms with E-state index in [1.165, 1.54) is 42.5 Å². The molecule has 0 heterocycles. The molecular formula is C19H20N2O6S. The quantitative estimate of drug-likeness (QED) is 0.289. The molecule has 148 valence electrons. The lowest BCUT2D eigenvalue weighted by molar-refractivity contribution is -0.385. The number of nitro benzene ring substituents is 1. The van der Waals surface area contributed by atoms with Crippen molar-refractivity contribution in [3.05, 3.63) is 76.4 Å². The van der Waals surface area contributed by atoms with Crippen LogP contribution in [-0.4, -0.2) is 32.5 Å². The highest BCUT2D eigenvalue weighted by molar-refractivity contribution is 7.92. The number of anilines is 1. The maximum absolute atomic E-state index is 13.3. The van der Waals surface area contributed by atoms with Crippen LogP contribution >= 0.6 is 0 Å². The Bertz CT molecular complexity index is 1020. The SMILES string of the molecule is C=CCN(c1cccc(C(=O)OCC)c1)S(=O)(=O)c1cc([N+](=O)[O-])ccc1C. The second-order valence-corrected chi connectivity index (χ2v) is 7.63. The number of carbonyl (C=O) groups is 1. The minimum absolute atomic E-state index is 0.0866. The van der Waals surface area contributed by atoms with Crippen molar-refractivity contribution < 1.29 is 22.9 Å². The lowest BCUT2D eigenvalue weighted by atomic mass is 10.2. The molecule has 28 heavy (non-hydrogen) atoms. The molecule has 2 aromatic carbocycles. The minimum Gasteiger partial charge on any atom is -0.462 e. The summed E-state index contributed by atoms with van der Waals surface area (Å²) in [4.78, 5) is 22.2. The number of non-ortho nitro benzene ring substituents is 1. The Labute approximate surface area is 163 Å². The van der Waals surface area contributed by atoms with Crippen molar-refractivity contribution in [2.45, 2.75) is 18.7 Å². The molecule has 2 rings (SSSR count). The van der Waals surface area contributed by atoms with Crippen molar-refractivity contribution >= 4 is 27.4 Å². The van der Waals surface area contributed by atoms with Crippen molar-refractivity contribution in [3.8, 4) is 0 Å². The summed E-state index contributed by atoms with van der Waals surface area (Å²) in [6, 6.07) is 9.62. The monoisotopic (exact) mass is 404 g/mol. The van der Waals surface area contributed by atoms with E-state index in [2.05, 4.69) is 6.58 Å². The molecule has 0 bridgehead atoms. The maximum Gasteiger partial charge on any atom is 0.338 e. The van der Waals surface area contributed by atoms with Gasteiger partial charge in [0.2, 0.25) is 0 Å². The first-order valence-corrected chi connectivity index (χ1v) is 9.82. The molecule has 0 radical (unpaired) electrons. The van der Waals surface area contributed by atoms with Crippen LogP contribution in [0.5, 0.6) is 0 Å². The fourth-order valence-electron chi connectivity index (χ4n) is 2.56. The van der Waals surface area contributed by atoms with Gasteiger partial charge in [0.25, 0.3) is 15.7 Å². The zero-order valence-electron chi connectivity index (χ0n) is 15.5. The lowest BCUT2D eigenvalue weighted by Gasteiger charge is -2.24. The molecule has 0 saturated heterocycles. The predicted molar refractivity (Wildman–Crippen MR) is 105 cm³/mol. The standard InChI is InChI=1S/C19H20N2O6S/c1-4-11-20(16-8-6-7-15(12-16)19(22)27-5-2)28(25,26)18-13-17(21(23)24)10-9-14(18)3/h4,6-10,12-13H,1,5,11H2,2-3H3. The molecule has 0 unspecified atom stereocenters. The van der Waals surface area contributed by atoms with Gasteiger partial charge in [-0.3, -0.25) is 14.4 Å². The van der Waals surface area contributed by atoms with E-state index < -0.39 is 20.9 Å². The van der Waals surface area contributed by atoms with Gasteiger partial charge in [-0.25, -0.2) is 13.2 Å². The van der Waals surface area contributed by atoms with Crippen LogP contribution in [0.15, 0.2) is 60.0 Å². The summed E-state index contributed by atoms with van der Waals surface area (Å²) in [5.41, 5.74) is 0.444. The van der Waals surface area contributed by atoms with E-state index >= 15 is 0 Å². The summed E-state index contributed by atoms with van der Waals surface area (Å²) in [5.74, 6) is -0.577. The molecule has 2 aromatic rings. The van der Waals surface area contributed by atoms with Crippen LogP contribution in [0.2, 0.25) is 0 Å². The third-order valence-electron chi connectivity index (χ3n) is 3.89. The molecule has 8 nitrogen and oxygen atoms in total. The van der Waals surface area contributed by atoms with Crippen molar-refractivity contribution in [1.29, 1.82) is 0 Å². The van der Waals surface area contributed by atoms with Crippen LogP contribution in [0.3, 0.4) is 0 Å². The number of rotatable bonds is 8. The van der Waals surface area contributed by atoms with Gasteiger partial charge in [0.1, 0.15) is 0 Å². The minimum atomic E-state index is -4.15. The third kappa shape index (κ3) is 4.37. The van der Waals surface area contributed by atoms with Gasteiger partial charge in [-0.2, -0.15) is 0 Å². The molecule has 0 fully saturated rings. The molecule has 0 aliphatic heterocycles. The number of carbonyl (C=O) groups excluding carboxylic acids is 1. The summed E-state index contributed by atoms with van der Waals surface area (Å²) in [6.45, 7) is 6.90. The fourth-order valence-corrected chi connectivity index (χ4v) is 4.24. The zero-order chi connectivity index (χ0) is 20.9. The van der Waals surface area contributed by atoms with Crippen LogP contribution in [0.25, 0.3) is 0 Å². The van der Waals surface area contributed by atoms with Gasteiger partial charge in [-0.1, -0.05) is 18.2 Å². The molecule has 0 aromatic heterocycles. The van der Waals surface area contributed by atoms with Crippen molar-refractivity contribution in [3.63, 3.8) is 0 Å². The first-order chi connectivity index (χ1) is 13.2. The van der Waals surface area contributed by atoms with E-state index in [0.29, 0.717) is 5.56 Å². The third-order valence-corrected chi connectivity index (χ3v) is 5.83. The number of aryl methyl sites for hydroxylation is 1. The average molecular weight is 404 g/mol. The first-order valence-electron chi connectivity index (χ1n) is 8.38. The Morgan fingerprint density at radius 3 is 2.61 bits per heavy atom. The largest absolute Gasteiger partial charge is 0.462 e. The van der Waals surface area contributed by atoms with Gasteiger partial charge in [0, 0.05) is 12.1 Å². The van der Waals surface area contributed by atoms with Gasteiger partial charge in [-0.15, -0.1) is 6.58 Å². The van der Waals surface area contributed by atoms with Crippen molar-refractivity contribution in [2.24, 2.45) is 0 Å². The Morgan fingerprint density at radius 2 is 2.00 bits per heavy atom. The summed E-state index contributed by atoms with van der Waals surface area (Å²) in [5, 5.41) is 11.1. The van der Waals surface area contributed by atoms with Gasteiger partial charge < -0.3 is 4.74 Å². The number of benzene rings is 2. The fraction of sp³-hybridized carbons (Fsp3) is 0.211. The Hall–Kier alpha value is -3.20.